The molecule has 2 aliphatic carbocycles. The van der Waals surface area contributed by atoms with Crippen LogP contribution in [-0.4, -0.2) is 70.5 Å². The summed E-state index contributed by atoms with van der Waals surface area (Å²) in [6, 6.07) is 3.43. The molecule has 35 heavy (non-hydrogen) atoms. The highest BCUT2D eigenvalue weighted by atomic mass is 35.5. The number of rotatable bonds is 6. The van der Waals surface area contributed by atoms with Gasteiger partial charge in [0.25, 0.3) is 0 Å². The van der Waals surface area contributed by atoms with Crippen molar-refractivity contribution in [1.29, 1.82) is 5.26 Å². The third-order valence-corrected chi connectivity index (χ3v) is 7.78. The summed E-state index contributed by atoms with van der Waals surface area (Å²) in [7, 11) is 2.14. The highest BCUT2D eigenvalue weighted by Gasteiger charge is 2.34. The number of nitrogens with zero attached hydrogens (tertiary/aromatic N) is 4. The highest BCUT2D eigenvalue weighted by molar-refractivity contribution is 6.22. The summed E-state index contributed by atoms with van der Waals surface area (Å²) in [4.78, 5) is 17.3. The molecule has 1 aromatic heterocycles. The number of amides is 1. The van der Waals surface area contributed by atoms with Crippen LogP contribution in [0.5, 0.6) is 0 Å². The van der Waals surface area contributed by atoms with Crippen molar-refractivity contribution in [3.05, 3.63) is 47.2 Å². The molecule has 5 unspecified atom stereocenters. The van der Waals surface area contributed by atoms with Crippen LogP contribution in [0.15, 0.2) is 35.8 Å². The van der Waals surface area contributed by atoms with Crippen molar-refractivity contribution in [2.75, 3.05) is 33.2 Å². The molecule has 3 aliphatic rings. The maximum atomic E-state index is 14.4. The van der Waals surface area contributed by atoms with Crippen molar-refractivity contribution >= 4 is 23.1 Å². The molecule has 1 saturated heterocycles. The molecule has 0 bridgehead atoms. The molecule has 4 rings (SSSR count). The lowest BCUT2D eigenvalue weighted by Gasteiger charge is -2.40. The first-order chi connectivity index (χ1) is 16.8. The molecule has 0 saturated carbocycles. The maximum Gasteiger partial charge on any atom is 0.228 e. The van der Waals surface area contributed by atoms with Crippen LogP contribution >= 0.6 is 11.6 Å². The zero-order chi connectivity index (χ0) is 25.1. The molecular weight excluding hydrogens is 467 g/mol. The smallest absolute Gasteiger partial charge is 0.228 e. The van der Waals surface area contributed by atoms with Gasteiger partial charge in [0.15, 0.2) is 0 Å². The number of alkyl halides is 1. The van der Waals surface area contributed by atoms with E-state index in [-0.39, 0.29) is 23.1 Å². The molecule has 1 aromatic rings. The lowest BCUT2D eigenvalue weighted by Crippen LogP contribution is -2.46. The van der Waals surface area contributed by atoms with Crippen molar-refractivity contribution in [3.63, 3.8) is 0 Å². The Bertz CT molecular complexity index is 1060. The number of likely N-dealkylation sites (N-methyl/N-ethyl adjacent to an activating group) is 1. The molecule has 1 aliphatic heterocycles. The first-order valence-electron chi connectivity index (χ1n) is 12.4. The Labute approximate surface area is 211 Å². The van der Waals surface area contributed by atoms with E-state index in [0.29, 0.717) is 24.1 Å². The Hall–Kier alpha value is -2.63. The Morgan fingerprint density at radius 3 is 2.80 bits per heavy atom. The quantitative estimate of drug-likeness (QED) is 0.577. The van der Waals surface area contributed by atoms with Crippen LogP contribution < -0.4 is 5.32 Å². The summed E-state index contributed by atoms with van der Waals surface area (Å²) in [5, 5.41) is 19.4. The van der Waals surface area contributed by atoms with Crippen molar-refractivity contribution in [3.8, 4) is 6.07 Å². The Balaban J connectivity index is 1.46. The number of allylic oxidation sites excluding steroid dienone is 5. The molecule has 0 aromatic carbocycles. The second-order valence-electron chi connectivity index (χ2n) is 9.89. The van der Waals surface area contributed by atoms with Crippen LogP contribution in [0.3, 0.4) is 0 Å². The summed E-state index contributed by atoms with van der Waals surface area (Å²) in [6.07, 6.45) is 6.66. The molecule has 5 atom stereocenters. The molecule has 9 heteroatoms. The lowest BCUT2D eigenvalue weighted by molar-refractivity contribution is -0.123. The SMILES string of the molecule is CCC(C#N)NC(=O)C1C=C(F)C=C(c2cc(C3CC(Cl)C(N4CCN(C)CC4)=CC3C)[nH]n2)C1. The van der Waals surface area contributed by atoms with E-state index < -0.39 is 17.8 Å². The van der Waals surface area contributed by atoms with Crippen LogP contribution in [0.1, 0.15) is 50.4 Å². The number of carbonyl (C=O) groups excluding carboxylic acids is 1. The topological polar surface area (TPSA) is 88.0 Å². The van der Waals surface area contributed by atoms with Crippen molar-refractivity contribution < 1.29 is 9.18 Å². The molecule has 7 nitrogen and oxygen atoms in total. The number of aromatic amines is 1. The van der Waals surface area contributed by atoms with Gasteiger partial charge in [0.2, 0.25) is 5.91 Å². The van der Waals surface area contributed by atoms with Gasteiger partial charge >= 0.3 is 0 Å². The van der Waals surface area contributed by atoms with Gasteiger partial charge in [-0.15, -0.1) is 11.6 Å². The van der Waals surface area contributed by atoms with Gasteiger partial charge in [0.05, 0.1) is 23.1 Å². The Morgan fingerprint density at radius 1 is 1.37 bits per heavy atom. The number of nitriles is 1. The fourth-order valence-corrected chi connectivity index (χ4v) is 5.53. The third-order valence-electron chi connectivity index (χ3n) is 7.37. The largest absolute Gasteiger partial charge is 0.371 e. The van der Waals surface area contributed by atoms with Crippen LogP contribution in [-0.2, 0) is 4.79 Å². The van der Waals surface area contributed by atoms with Crippen LogP contribution in [0, 0.1) is 23.2 Å². The second-order valence-corrected chi connectivity index (χ2v) is 10.4. The predicted molar refractivity (Wildman–Crippen MR) is 135 cm³/mol. The summed E-state index contributed by atoms with van der Waals surface area (Å²) in [6.45, 7) is 8.09. The van der Waals surface area contributed by atoms with Gasteiger partial charge in [0.1, 0.15) is 11.9 Å². The molecular formula is C26H34ClFN6O. The predicted octanol–water partition coefficient (Wildman–Crippen LogP) is 3.95. The normalized spacial score (nSPS) is 28.5. The van der Waals surface area contributed by atoms with Gasteiger partial charge in [-0.2, -0.15) is 10.4 Å². The minimum Gasteiger partial charge on any atom is -0.371 e. The van der Waals surface area contributed by atoms with Crippen LogP contribution in [0.2, 0.25) is 0 Å². The Kier molecular flexibility index (Phi) is 7.98. The average Bonchev–Trinajstić information content (AvgIpc) is 3.34. The highest BCUT2D eigenvalue weighted by Crippen LogP contribution is 2.40. The Morgan fingerprint density at radius 2 is 2.11 bits per heavy atom. The van der Waals surface area contributed by atoms with Gasteiger partial charge in [-0.25, -0.2) is 4.39 Å². The van der Waals surface area contributed by atoms with Crippen LogP contribution in [0.4, 0.5) is 4.39 Å². The molecule has 1 amide bonds. The molecule has 0 spiro atoms. The minimum absolute atomic E-state index is 0.0691. The molecule has 2 heterocycles. The number of hydrogen-bond acceptors (Lipinski definition) is 5. The second kappa shape index (κ2) is 11.0. The molecule has 188 valence electrons. The maximum absolute atomic E-state index is 14.4. The summed E-state index contributed by atoms with van der Waals surface area (Å²) < 4.78 is 14.4. The van der Waals surface area contributed by atoms with Crippen molar-refractivity contribution in [1.82, 2.24) is 25.3 Å². The van der Waals surface area contributed by atoms with E-state index in [0.717, 1.165) is 38.3 Å². The van der Waals surface area contributed by atoms with Gasteiger partial charge in [0, 0.05) is 43.5 Å². The number of piperazine rings is 1. The number of nitrogens with one attached hydrogen (secondary N) is 2. The fourth-order valence-electron chi connectivity index (χ4n) is 5.13. The van der Waals surface area contributed by atoms with E-state index in [1.165, 1.54) is 17.8 Å². The minimum atomic E-state index is -0.674. The fraction of sp³-hybridized carbons (Fsp3) is 0.577. The summed E-state index contributed by atoms with van der Waals surface area (Å²) >= 11 is 6.86. The van der Waals surface area contributed by atoms with Crippen LogP contribution in [0.25, 0.3) is 5.57 Å². The van der Waals surface area contributed by atoms with E-state index in [1.54, 1.807) is 0 Å². The number of H-pyrrole nitrogens is 1. The standard InChI is InChI=1S/C26H34ClFN6O/c1-4-20(15-29)30-26(35)18-10-17(11-19(28)12-18)23-14-24(32-31-23)21-13-22(27)25(9-16(21)2)34-7-5-33(3)6-8-34/h9,11-12,14,16,18,20-22H,4-8,10,13H2,1-3H3,(H,30,35)(H,31,32). The van der Waals surface area contributed by atoms with E-state index >= 15 is 0 Å². The van der Waals surface area contributed by atoms with Gasteiger partial charge < -0.3 is 15.1 Å². The zero-order valence-electron chi connectivity index (χ0n) is 20.6. The number of hydrogen-bond donors (Lipinski definition) is 2. The van der Waals surface area contributed by atoms with E-state index in [1.807, 2.05) is 13.0 Å². The zero-order valence-corrected chi connectivity index (χ0v) is 21.4. The monoisotopic (exact) mass is 500 g/mol. The van der Waals surface area contributed by atoms with E-state index in [4.69, 9.17) is 16.9 Å². The summed E-state index contributed by atoms with van der Waals surface area (Å²) in [5.41, 5.74) is 3.50. The first-order valence-corrected chi connectivity index (χ1v) is 12.9. The van der Waals surface area contributed by atoms with Crippen molar-refractivity contribution in [2.45, 2.75) is 50.4 Å². The van der Waals surface area contributed by atoms with Gasteiger partial charge in [-0.3, -0.25) is 9.89 Å². The van der Waals surface area contributed by atoms with Crippen molar-refractivity contribution in [2.24, 2.45) is 11.8 Å². The molecule has 1 fully saturated rings. The first kappa shape index (κ1) is 25.5. The molecule has 0 radical (unpaired) electrons. The molecule has 2 N–H and O–H groups in total. The lowest BCUT2D eigenvalue weighted by atomic mass is 9.80. The average molecular weight is 501 g/mol. The van der Waals surface area contributed by atoms with Gasteiger partial charge in [-0.1, -0.05) is 19.9 Å². The number of aromatic nitrogens is 2. The summed E-state index contributed by atoms with van der Waals surface area (Å²) in [5.74, 6) is -1.03. The van der Waals surface area contributed by atoms with E-state index in [9.17, 15) is 9.18 Å². The number of carbonyl (C=O) groups is 1. The third kappa shape index (κ3) is 5.79. The van der Waals surface area contributed by atoms with E-state index in [2.05, 4.69) is 51.4 Å². The van der Waals surface area contributed by atoms with Gasteiger partial charge in [-0.05, 0) is 56.0 Å². The number of halogens is 2.